The lowest BCUT2D eigenvalue weighted by Crippen LogP contribution is -2.30. The van der Waals surface area contributed by atoms with Crippen molar-refractivity contribution in [2.75, 3.05) is 4.90 Å². The number of nitrogens with one attached hydrogen (secondary N) is 1. The highest BCUT2D eigenvalue weighted by atomic mass is 32.1. The van der Waals surface area contributed by atoms with E-state index in [1.807, 2.05) is 29.2 Å². The molecule has 6 heteroatoms. The van der Waals surface area contributed by atoms with E-state index < -0.39 is 0 Å². The number of thiocarbonyl (C=S) groups is 1. The second-order valence-corrected chi connectivity index (χ2v) is 7.32. The summed E-state index contributed by atoms with van der Waals surface area (Å²) >= 11 is 5.61. The molecule has 4 nitrogen and oxygen atoms in total. The van der Waals surface area contributed by atoms with Gasteiger partial charge in [-0.05, 0) is 62.0 Å². The van der Waals surface area contributed by atoms with Crippen LogP contribution in [-0.4, -0.2) is 14.7 Å². The van der Waals surface area contributed by atoms with Crippen LogP contribution in [0, 0.1) is 5.82 Å². The molecular weight excluding hydrogens is 359 g/mol. The Labute approximate surface area is 163 Å². The first kappa shape index (κ1) is 17.7. The topological polar surface area (TPSA) is 33.1 Å². The van der Waals surface area contributed by atoms with Crippen molar-refractivity contribution in [3.05, 3.63) is 84.2 Å². The van der Waals surface area contributed by atoms with Gasteiger partial charge in [-0.2, -0.15) is 0 Å². The van der Waals surface area contributed by atoms with Gasteiger partial charge in [-0.25, -0.2) is 4.39 Å². The number of rotatable bonds is 4. The Balaban J connectivity index is 1.84. The summed E-state index contributed by atoms with van der Waals surface area (Å²) in [5.41, 5.74) is 2.41. The van der Waals surface area contributed by atoms with Crippen LogP contribution in [0.2, 0.25) is 0 Å². The number of hydrogen-bond donors (Lipinski definition) is 1. The van der Waals surface area contributed by atoms with Crippen LogP contribution in [0.1, 0.15) is 43.2 Å². The van der Waals surface area contributed by atoms with E-state index in [2.05, 4.69) is 47.2 Å². The van der Waals surface area contributed by atoms with Gasteiger partial charge in [0.05, 0.1) is 23.5 Å². The smallest absolute Gasteiger partial charge is 0.174 e. The maximum absolute atomic E-state index is 14.6. The zero-order chi connectivity index (χ0) is 19.0. The average molecular weight is 380 g/mol. The van der Waals surface area contributed by atoms with E-state index >= 15 is 0 Å². The second kappa shape index (κ2) is 7.12. The lowest BCUT2D eigenvalue weighted by atomic mass is 9.98. The number of para-hydroxylation sites is 1. The van der Waals surface area contributed by atoms with Crippen LogP contribution in [-0.2, 0) is 0 Å². The molecule has 2 aromatic heterocycles. The molecule has 0 amide bonds. The molecule has 0 saturated carbocycles. The Morgan fingerprint density at radius 3 is 2.56 bits per heavy atom. The second-order valence-electron chi connectivity index (χ2n) is 6.93. The average Bonchev–Trinajstić information content (AvgIpc) is 3.28. The van der Waals surface area contributed by atoms with Gasteiger partial charge < -0.3 is 14.8 Å². The van der Waals surface area contributed by atoms with Gasteiger partial charge in [-0.3, -0.25) is 4.98 Å². The number of nitrogens with zero attached hydrogens (tertiary/aromatic N) is 3. The first-order valence-electron chi connectivity index (χ1n) is 8.99. The summed E-state index contributed by atoms with van der Waals surface area (Å²) in [7, 11) is 0. The number of hydrogen-bond acceptors (Lipinski definition) is 2. The first-order valence-corrected chi connectivity index (χ1v) is 9.39. The molecule has 1 aliphatic rings. The van der Waals surface area contributed by atoms with E-state index in [0.29, 0.717) is 16.8 Å². The van der Waals surface area contributed by atoms with Gasteiger partial charge in [0.2, 0.25) is 0 Å². The Bertz CT molecular complexity index is 954. The molecular formula is C21H21FN4S. The summed E-state index contributed by atoms with van der Waals surface area (Å²) < 4.78 is 16.8. The van der Waals surface area contributed by atoms with Crippen molar-refractivity contribution in [3.8, 4) is 0 Å². The summed E-state index contributed by atoms with van der Waals surface area (Å²) in [5.74, 6) is -0.295. The lowest BCUT2D eigenvalue weighted by molar-refractivity contribution is 0.552. The fourth-order valence-corrected chi connectivity index (χ4v) is 3.87. The molecule has 27 heavy (non-hydrogen) atoms. The quantitative estimate of drug-likeness (QED) is 0.661. The van der Waals surface area contributed by atoms with Gasteiger partial charge in [0.1, 0.15) is 5.82 Å². The lowest BCUT2D eigenvalue weighted by Gasteiger charge is -2.27. The highest BCUT2D eigenvalue weighted by molar-refractivity contribution is 7.80. The molecule has 1 fully saturated rings. The number of aromatic nitrogens is 2. The largest absolute Gasteiger partial charge is 0.351 e. The van der Waals surface area contributed by atoms with Crippen LogP contribution < -0.4 is 10.2 Å². The third-order valence-corrected chi connectivity index (χ3v) is 5.20. The Kier molecular flexibility index (Phi) is 4.66. The highest BCUT2D eigenvalue weighted by Crippen LogP contribution is 2.42. The molecule has 0 radical (unpaired) electrons. The van der Waals surface area contributed by atoms with Gasteiger partial charge >= 0.3 is 0 Å². The molecule has 1 N–H and O–H groups in total. The Hall–Kier alpha value is -2.73. The molecule has 1 aromatic carbocycles. The van der Waals surface area contributed by atoms with Crippen LogP contribution >= 0.6 is 12.2 Å². The Morgan fingerprint density at radius 2 is 1.89 bits per heavy atom. The van der Waals surface area contributed by atoms with Crippen molar-refractivity contribution < 1.29 is 4.39 Å². The van der Waals surface area contributed by atoms with Crippen LogP contribution in [0.3, 0.4) is 0 Å². The van der Waals surface area contributed by atoms with Crippen molar-refractivity contribution in [3.63, 3.8) is 0 Å². The van der Waals surface area contributed by atoms with Crippen molar-refractivity contribution >= 4 is 23.0 Å². The summed E-state index contributed by atoms with van der Waals surface area (Å²) in [6.45, 7) is 4.26. The molecule has 0 bridgehead atoms. The zero-order valence-corrected chi connectivity index (χ0v) is 16.0. The van der Waals surface area contributed by atoms with E-state index in [1.165, 1.54) is 6.07 Å². The van der Waals surface area contributed by atoms with E-state index in [0.717, 1.165) is 11.3 Å². The van der Waals surface area contributed by atoms with Gasteiger partial charge in [0.15, 0.2) is 5.11 Å². The summed E-state index contributed by atoms with van der Waals surface area (Å²) in [5, 5.41) is 3.85. The highest BCUT2D eigenvalue weighted by Gasteiger charge is 2.41. The number of pyridine rings is 1. The molecule has 1 aliphatic heterocycles. The van der Waals surface area contributed by atoms with Crippen LogP contribution in [0.4, 0.5) is 10.1 Å². The van der Waals surface area contributed by atoms with Crippen molar-refractivity contribution in [1.29, 1.82) is 0 Å². The first-order chi connectivity index (χ1) is 13.1. The van der Waals surface area contributed by atoms with Gasteiger partial charge in [0.25, 0.3) is 0 Å². The molecule has 3 aromatic rings. The summed E-state index contributed by atoms with van der Waals surface area (Å²) in [4.78, 5) is 6.38. The normalized spacial score (nSPS) is 19.6. The van der Waals surface area contributed by atoms with E-state index in [4.69, 9.17) is 12.2 Å². The number of anilines is 1. The van der Waals surface area contributed by atoms with E-state index in [-0.39, 0.29) is 17.9 Å². The molecule has 4 rings (SSSR count). The maximum atomic E-state index is 14.6. The van der Waals surface area contributed by atoms with Crippen LogP contribution in [0.5, 0.6) is 0 Å². The molecule has 0 aliphatic carbocycles. The minimum Gasteiger partial charge on any atom is -0.351 e. The monoisotopic (exact) mass is 380 g/mol. The SMILES string of the molecule is CC(C)n1ccc([C@H]2[C@@H](c3ccccn3)NC(=S)N2c2ccccc2F)c1. The third kappa shape index (κ3) is 3.21. The Morgan fingerprint density at radius 1 is 1.11 bits per heavy atom. The fourth-order valence-electron chi connectivity index (χ4n) is 3.53. The molecule has 1 saturated heterocycles. The van der Waals surface area contributed by atoms with Crippen molar-refractivity contribution in [2.45, 2.75) is 32.0 Å². The molecule has 0 unspecified atom stereocenters. The maximum Gasteiger partial charge on any atom is 0.174 e. The number of halogens is 1. The third-order valence-electron chi connectivity index (χ3n) is 4.89. The predicted octanol–water partition coefficient (Wildman–Crippen LogP) is 4.78. The van der Waals surface area contributed by atoms with Crippen molar-refractivity contribution in [1.82, 2.24) is 14.9 Å². The summed E-state index contributed by atoms with van der Waals surface area (Å²) in [6, 6.07) is 14.6. The van der Waals surface area contributed by atoms with Gasteiger partial charge in [0, 0.05) is 24.6 Å². The standard InChI is InChI=1S/C21H21FN4S/c1-14(2)25-12-10-15(13-25)20-19(17-8-5-6-11-23-17)24-21(27)26(20)18-9-4-3-7-16(18)22/h3-14,19-20H,1-2H3,(H,24,27)/t19-,20+/m1/s1. The molecule has 138 valence electrons. The van der Waals surface area contributed by atoms with Crippen LogP contribution in [0.15, 0.2) is 67.1 Å². The zero-order valence-electron chi connectivity index (χ0n) is 15.2. The fraction of sp³-hybridized carbons (Fsp3) is 0.238. The summed E-state index contributed by atoms with van der Waals surface area (Å²) in [6.07, 6.45) is 5.92. The minimum absolute atomic E-state index is 0.165. The van der Waals surface area contributed by atoms with Crippen molar-refractivity contribution in [2.24, 2.45) is 0 Å². The van der Waals surface area contributed by atoms with Gasteiger partial charge in [-0.1, -0.05) is 18.2 Å². The molecule has 0 spiro atoms. The number of benzene rings is 1. The van der Waals surface area contributed by atoms with Crippen LogP contribution in [0.25, 0.3) is 0 Å². The van der Waals surface area contributed by atoms with E-state index in [1.54, 1.807) is 18.3 Å². The predicted molar refractivity (Wildman–Crippen MR) is 109 cm³/mol. The van der Waals surface area contributed by atoms with E-state index in [9.17, 15) is 4.39 Å². The molecule has 3 heterocycles. The minimum atomic E-state index is -0.295. The van der Waals surface area contributed by atoms with Gasteiger partial charge in [-0.15, -0.1) is 0 Å². The molecule has 2 atom stereocenters.